The summed E-state index contributed by atoms with van der Waals surface area (Å²) < 4.78 is 36.6. The summed E-state index contributed by atoms with van der Waals surface area (Å²) >= 11 is 6.39. The normalized spacial score (nSPS) is 16.5. The first kappa shape index (κ1) is 24.7. The van der Waals surface area contributed by atoms with E-state index in [0.717, 1.165) is 11.4 Å². The molecule has 0 aliphatic carbocycles. The van der Waals surface area contributed by atoms with Gasteiger partial charge in [0.25, 0.3) is 0 Å². The number of benzene rings is 2. The van der Waals surface area contributed by atoms with Crippen LogP contribution in [0.2, 0.25) is 5.02 Å². The summed E-state index contributed by atoms with van der Waals surface area (Å²) in [5, 5.41) is 21.0. The second kappa shape index (κ2) is 10.2. The van der Waals surface area contributed by atoms with Crippen LogP contribution in [0.4, 0.5) is 4.39 Å². The number of carbonyl (C=O) groups is 1. The highest BCUT2D eigenvalue weighted by Gasteiger charge is 2.35. The lowest BCUT2D eigenvalue weighted by atomic mass is 9.97. The van der Waals surface area contributed by atoms with Crippen molar-refractivity contribution in [3.05, 3.63) is 82.1 Å². The molecule has 2 aromatic heterocycles. The van der Waals surface area contributed by atoms with Crippen LogP contribution in [-0.4, -0.2) is 50.1 Å². The van der Waals surface area contributed by atoms with E-state index in [4.69, 9.17) is 30.9 Å². The SMILES string of the molecule is COc1ccc(F)c([C@@H]2O[C@@H](CCn3nnnc3CC(=O)O)c3cccn3-c3ccc(Cl)cc32)c1OC. The number of aryl methyl sites for hydroxylation is 1. The van der Waals surface area contributed by atoms with Crippen LogP contribution in [0.15, 0.2) is 48.7 Å². The van der Waals surface area contributed by atoms with Gasteiger partial charge < -0.3 is 23.9 Å². The van der Waals surface area contributed by atoms with E-state index < -0.39 is 24.0 Å². The lowest BCUT2D eigenvalue weighted by molar-refractivity contribution is -0.136. The highest BCUT2D eigenvalue weighted by Crippen LogP contribution is 2.47. The van der Waals surface area contributed by atoms with Crippen LogP contribution < -0.4 is 9.47 Å². The van der Waals surface area contributed by atoms with Crippen molar-refractivity contribution in [2.75, 3.05) is 14.2 Å². The van der Waals surface area contributed by atoms with Crippen molar-refractivity contribution in [3.8, 4) is 17.2 Å². The predicted octanol–water partition coefficient (Wildman–Crippen LogP) is 4.15. The Bertz CT molecular complexity index is 1460. The Morgan fingerprint density at radius 1 is 1.22 bits per heavy atom. The monoisotopic (exact) mass is 527 g/mol. The third-order valence-corrected chi connectivity index (χ3v) is 6.49. The number of hydrogen-bond donors (Lipinski definition) is 1. The number of halogens is 2. The Morgan fingerprint density at radius 2 is 2.05 bits per heavy atom. The van der Waals surface area contributed by atoms with Crippen molar-refractivity contribution in [2.45, 2.75) is 31.6 Å². The maximum Gasteiger partial charge on any atom is 0.311 e. The molecule has 0 radical (unpaired) electrons. The number of carboxylic acid groups (broad SMARTS) is 1. The number of aliphatic carboxylic acids is 1. The summed E-state index contributed by atoms with van der Waals surface area (Å²) in [6, 6.07) is 12.0. The zero-order valence-corrected chi connectivity index (χ0v) is 20.7. The van der Waals surface area contributed by atoms with E-state index in [0.29, 0.717) is 22.8 Å². The average Bonchev–Trinajstić information content (AvgIpc) is 3.51. The summed E-state index contributed by atoms with van der Waals surface area (Å²) in [5.74, 6) is -0.762. The van der Waals surface area contributed by atoms with E-state index in [1.54, 1.807) is 12.1 Å². The van der Waals surface area contributed by atoms with Crippen molar-refractivity contribution >= 4 is 17.6 Å². The van der Waals surface area contributed by atoms with Crippen LogP contribution in [0.3, 0.4) is 0 Å². The number of methoxy groups -OCH3 is 2. The standard InChI is InChI=1S/C25H23ClFN5O5/c1-35-20-8-6-16(27)23(25(20)36-2)24-15-12-14(26)5-7-17(15)31-10-3-4-18(31)19(37-24)9-11-32-21(13-22(33)34)28-29-30-32/h3-8,10,12,19,24H,9,11,13H2,1-2H3,(H,33,34)/t19-,24+/m0/s1. The second-order valence-corrected chi connectivity index (χ2v) is 8.82. The maximum atomic E-state index is 15.5. The number of carboxylic acids is 1. The molecule has 2 aromatic carbocycles. The summed E-state index contributed by atoms with van der Waals surface area (Å²) in [6.07, 6.45) is 0.494. The number of rotatable bonds is 8. The van der Waals surface area contributed by atoms with Crippen molar-refractivity contribution in [2.24, 2.45) is 0 Å². The lowest BCUT2D eigenvalue weighted by Crippen LogP contribution is -2.17. The van der Waals surface area contributed by atoms with Gasteiger partial charge in [-0.05, 0) is 59.3 Å². The number of nitrogens with zero attached hydrogens (tertiary/aromatic N) is 5. The quantitative estimate of drug-likeness (QED) is 0.363. The predicted molar refractivity (Wildman–Crippen MR) is 130 cm³/mol. The fourth-order valence-electron chi connectivity index (χ4n) is 4.65. The van der Waals surface area contributed by atoms with Gasteiger partial charge in [-0.15, -0.1) is 5.10 Å². The first-order valence-electron chi connectivity index (χ1n) is 11.4. The van der Waals surface area contributed by atoms with Gasteiger partial charge in [0, 0.05) is 23.3 Å². The molecular weight excluding hydrogens is 505 g/mol. The van der Waals surface area contributed by atoms with Gasteiger partial charge in [0.15, 0.2) is 17.3 Å². The van der Waals surface area contributed by atoms with E-state index >= 15 is 4.39 Å². The van der Waals surface area contributed by atoms with Crippen LogP contribution in [0.25, 0.3) is 5.69 Å². The molecule has 1 aliphatic rings. The minimum Gasteiger partial charge on any atom is -0.493 e. The van der Waals surface area contributed by atoms with Gasteiger partial charge in [0.2, 0.25) is 0 Å². The Hall–Kier alpha value is -3.96. The first-order chi connectivity index (χ1) is 17.9. The Kier molecular flexibility index (Phi) is 6.81. The van der Waals surface area contributed by atoms with E-state index in [2.05, 4.69) is 15.5 Å². The summed E-state index contributed by atoms with van der Waals surface area (Å²) in [5.41, 5.74) is 2.42. The Morgan fingerprint density at radius 3 is 2.81 bits per heavy atom. The molecule has 2 atom stereocenters. The molecule has 0 saturated heterocycles. The van der Waals surface area contributed by atoms with Crippen LogP contribution in [0, 0.1) is 5.82 Å². The molecule has 0 unspecified atom stereocenters. The topological polar surface area (TPSA) is 114 Å². The minimum atomic E-state index is -1.04. The maximum absolute atomic E-state index is 15.5. The van der Waals surface area contributed by atoms with Crippen molar-refractivity contribution in [1.82, 2.24) is 24.8 Å². The van der Waals surface area contributed by atoms with E-state index in [1.807, 2.05) is 29.0 Å². The van der Waals surface area contributed by atoms with E-state index in [9.17, 15) is 4.79 Å². The average molecular weight is 528 g/mol. The van der Waals surface area contributed by atoms with Crippen molar-refractivity contribution in [3.63, 3.8) is 0 Å². The molecule has 0 fully saturated rings. The Balaban J connectivity index is 1.61. The Labute approximate surface area is 216 Å². The molecule has 37 heavy (non-hydrogen) atoms. The van der Waals surface area contributed by atoms with Crippen LogP contribution >= 0.6 is 11.6 Å². The van der Waals surface area contributed by atoms with Gasteiger partial charge >= 0.3 is 5.97 Å². The minimum absolute atomic E-state index is 0.176. The number of tetrazole rings is 1. The largest absolute Gasteiger partial charge is 0.493 e. The molecule has 0 amide bonds. The third-order valence-electron chi connectivity index (χ3n) is 6.25. The molecule has 3 heterocycles. The molecule has 5 rings (SSSR count). The highest BCUT2D eigenvalue weighted by molar-refractivity contribution is 6.30. The fourth-order valence-corrected chi connectivity index (χ4v) is 4.83. The first-order valence-corrected chi connectivity index (χ1v) is 11.8. The van der Waals surface area contributed by atoms with Gasteiger partial charge in [0.1, 0.15) is 24.4 Å². The number of hydrogen-bond acceptors (Lipinski definition) is 7. The van der Waals surface area contributed by atoms with Gasteiger partial charge in [-0.2, -0.15) is 0 Å². The van der Waals surface area contributed by atoms with Crippen LogP contribution in [0.1, 0.15) is 41.3 Å². The molecule has 0 bridgehead atoms. The van der Waals surface area contributed by atoms with Crippen molar-refractivity contribution in [1.29, 1.82) is 0 Å². The van der Waals surface area contributed by atoms with E-state index in [-0.39, 0.29) is 30.1 Å². The lowest BCUT2D eigenvalue weighted by Gasteiger charge is -2.26. The molecule has 10 nitrogen and oxygen atoms in total. The number of aromatic nitrogens is 5. The number of fused-ring (bicyclic) bond motifs is 3. The summed E-state index contributed by atoms with van der Waals surface area (Å²) in [7, 11) is 2.92. The summed E-state index contributed by atoms with van der Waals surface area (Å²) in [4.78, 5) is 11.2. The molecule has 12 heteroatoms. The fraction of sp³-hybridized carbons (Fsp3) is 0.280. The van der Waals surface area contributed by atoms with E-state index in [1.165, 1.54) is 31.0 Å². The zero-order valence-electron chi connectivity index (χ0n) is 20.0. The molecule has 4 aromatic rings. The zero-order chi connectivity index (χ0) is 26.1. The number of ether oxygens (including phenoxy) is 3. The van der Waals surface area contributed by atoms with Crippen LogP contribution in [0.5, 0.6) is 11.5 Å². The van der Waals surface area contributed by atoms with Gasteiger partial charge in [-0.1, -0.05) is 11.6 Å². The van der Waals surface area contributed by atoms with Gasteiger partial charge in [-0.3, -0.25) is 4.79 Å². The molecule has 0 spiro atoms. The van der Waals surface area contributed by atoms with Crippen molar-refractivity contribution < 1.29 is 28.5 Å². The molecular formula is C25H23ClFN5O5. The molecule has 1 aliphatic heterocycles. The van der Waals surface area contributed by atoms with Gasteiger partial charge in [-0.25, -0.2) is 9.07 Å². The smallest absolute Gasteiger partial charge is 0.311 e. The molecule has 192 valence electrons. The second-order valence-electron chi connectivity index (χ2n) is 8.38. The highest BCUT2D eigenvalue weighted by atomic mass is 35.5. The molecule has 0 saturated carbocycles. The van der Waals surface area contributed by atoms with Gasteiger partial charge in [0.05, 0.1) is 31.2 Å². The van der Waals surface area contributed by atoms with Crippen LogP contribution in [-0.2, 0) is 22.5 Å². The molecule has 1 N–H and O–H groups in total. The summed E-state index contributed by atoms with van der Waals surface area (Å²) in [6.45, 7) is 0.271. The third kappa shape index (κ3) is 4.63.